The van der Waals surface area contributed by atoms with Gasteiger partial charge >= 0.3 is 6.09 Å². The van der Waals surface area contributed by atoms with Crippen molar-refractivity contribution >= 4 is 41.1 Å². The predicted octanol–water partition coefficient (Wildman–Crippen LogP) is 5.81. The van der Waals surface area contributed by atoms with Gasteiger partial charge in [0.05, 0.1) is 29.1 Å². The number of hydrogen-bond acceptors (Lipinski definition) is 9. The minimum atomic E-state index is -0.693. The lowest BCUT2D eigenvalue weighted by atomic mass is 9.91. The minimum absolute atomic E-state index is 0.0504. The third-order valence-corrected chi connectivity index (χ3v) is 7.86. The summed E-state index contributed by atoms with van der Waals surface area (Å²) in [6.07, 6.45) is 7.71. The molecule has 14 heteroatoms. The Bertz CT molecular complexity index is 1700. The summed E-state index contributed by atoms with van der Waals surface area (Å²) in [4.78, 5) is 30.1. The molecule has 0 aliphatic carbocycles. The van der Waals surface area contributed by atoms with Crippen LogP contribution >= 0.6 is 11.6 Å². The maximum Gasteiger partial charge on any atom is 0.411 e. The first-order valence-corrected chi connectivity index (χ1v) is 15.2. The Labute approximate surface area is 270 Å². The van der Waals surface area contributed by atoms with Crippen LogP contribution in [0, 0.1) is 11.7 Å². The van der Waals surface area contributed by atoms with E-state index in [1.807, 2.05) is 24.3 Å². The summed E-state index contributed by atoms with van der Waals surface area (Å²) < 4.78 is 26.4. The highest BCUT2D eigenvalue weighted by atomic mass is 35.5. The van der Waals surface area contributed by atoms with Gasteiger partial charge in [0.25, 0.3) is 0 Å². The second kappa shape index (κ2) is 15.4. The molecule has 3 N–H and O–H groups in total. The van der Waals surface area contributed by atoms with Crippen LogP contribution in [0.3, 0.4) is 0 Å². The Morgan fingerprint density at radius 3 is 2.85 bits per heavy atom. The summed E-state index contributed by atoms with van der Waals surface area (Å²) in [6, 6.07) is 12.0. The molecule has 0 spiro atoms. The zero-order valence-corrected chi connectivity index (χ0v) is 26.1. The van der Waals surface area contributed by atoms with Crippen molar-refractivity contribution in [2.24, 2.45) is 5.92 Å². The van der Waals surface area contributed by atoms with E-state index in [2.05, 4.69) is 43.4 Å². The van der Waals surface area contributed by atoms with Crippen molar-refractivity contribution in [2.45, 2.75) is 32.2 Å². The Kier molecular flexibility index (Phi) is 10.9. The number of carbonyl (C=O) groups excluding carboxylic acids is 2. The number of ether oxygens (including phenoxy) is 2. The highest BCUT2D eigenvalue weighted by Gasteiger charge is 2.24. The Morgan fingerprint density at radius 2 is 2.04 bits per heavy atom. The number of carbonyl (C=O) groups is 2. The van der Waals surface area contributed by atoms with Gasteiger partial charge < -0.3 is 20.1 Å². The first-order valence-electron chi connectivity index (χ1n) is 14.8. The van der Waals surface area contributed by atoms with E-state index in [1.54, 1.807) is 18.3 Å². The molecule has 0 unspecified atom stereocenters. The zero-order valence-electron chi connectivity index (χ0n) is 25.4. The molecule has 0 saturated heterocycles. The number of aromatic nitrogens is 5. The molecule has 5 rings (SSSR count). The number of halogens is 2. The van der Waals surface area contributed by atoms with Crippen LogP contribution in [0.2, 0.25) is 5.02 Å². The molecule has 12 nitrogen and oxygen atoms in total. The first-order chi connectivity index (χ1) is 22.3. The lowest BCUT2D eigenvalue weighted by molar-refractivity contribution is -0.117. The lowest BCUT2D eigenvalue weighted by Crippen LogP contribution is -2.32. The molecule has 2 atom stereocenters. The third-order valence-electron chi connectivity index (χ3n) is 7.57. The van der Waals surface area contributed by atoms with Gasteiger partial charge in [-0.05, 0) is 77.2 Å². The van der Waals surface area contributed by atoms with Gasteiger partial charge in [0.1, 0.15) is 12.9 Å². The van der Waals surface area contributed by atoms with Crippen LogP contribution in [0.15, 0.2) is 61.1 Å². The number of benzene rings is 2. The number of nitrogens with zero attached hydrogens (tertiary/aromatic N) is 5. The average Bonchev–Trinajstić information content (AvgIpc) is 3.59. The zero-order chi connectivity index (χ0) is 32.5. The van der Waals surface area contributed by atoms with E-state index >= 15 is 4.39 Å². The topological polar surface area (TPSA) is 145 Å². The number of tetrazole rings is 1. The highest BCUT2D eigenvalue weighted by Crippen LogP contribution is 2.34. The Morgan fingerprint density at radius 1 is 1.17 bits per heavy atom. The van der Waals surface area contributed by atoms with Crippen molar-refractivity contribution in [3.8, 4) is 16.8 Å². The summed E-state index contributed by atoms with van der Waals surface area (Å²) in [5.41, 5.74) is 4.31. The van der Waals surface area contributed by atoms with Crippen molar-refractivity contribution in [2.75, 3.05) is 37.5 Å². The maximum atomic E-state index is 15.1. The quantitative estimate of drug-likeness (QED) is 0.159. The van der Waals surface area contributed by atoms with Crippen molar-refractivity contribution in [1.82, 2.24) is 30.5 Å². The molecule has 2 aromatic carbocycles. The Balaban J connectivity index is 1.40. The monoisotopic (exact) mass is 648 g/mol. The molecule has 4 aromatic rings. The number of rotatable bonds is 8. The van der Waals surface area contributed by atoms with Crippen LogP contribution < -0.4 is 16.0 Å². The molecule has 3 heterocycles. The molecule has 0 radical (unpaired) electrons. The fourth-order valence-corrected chi connectivity index (χ4v) is 5.38. The normalized spacial score (nSPS) is 16.4. The number of fused-ring (bicyclic) bond motifs is 4. The number of methoxy groups -OCH3 is 1. The van der Waals surface area contributed by atoms with Gasteiger partial charge in [0.15, 0.2) is 5.82 Å². The van der Waals surface area contributed by atoms with E-state index in [9.17, 15) is 9.59 Å². The third kappa shape index (κ3) is 8.03. The largest absolute Gasteiger partial charge is 0.447 e. The maximum absolute atomic E-state index is 15.1. The lowest BCUT2D eigenvalue weighted by Gasteiger charge is -2.26. The van der Waals surface area contributed by atoms with Crippen LogP contribution in [-0.2, 0) is 14.3 Å². The van der Waals surface area contributed by atoms with Crippen molar-refractivity contribution in [3.63, 3.8) is 0 Å². The molecular weight excluding hydrogens is 615 g/mol. The average molecular weight is 649 g/mol. The van der Waals surface area contributed by atoms with Gasteiger partial charge in [0, 0.05) is 48.4 Å². The molecule has 2 aromatic heterocycles. The molecule has 1 aliphatic heterocycles. The van der Waals surface area contributed by atoms with Crippen LogP contribution in [0.1, 0.15) is 43.5 Å². The highest BCUT2D eigenvalue weighted by molar-refractivity contribution is 6.31. The second-order valence-corrected chi connectivity index (χ2v) is 11.2. The van der Waals surface area contributed by atoms with Gasteiger partial charge in [-0.1, -0.05) is 31.0 Å². The van der Waals surface area contributed by atoms with Crippen LogP contribution in [0.4, 0.5) is 20.6 Å². The first kappa shape index (κ1) is 32.5. The van der Waals surface area contributed by atoms with E-state index in [1.165, 1.54) is 36.3 Å². The fraction of sp³-hybridized carbons (Fsp3) is 0.312. The van der Waals surface area contributed by atoms with Gasteiger partial charge in [-0.3, -0.25) is 15.1 Å². The molecule has 0 saturated carbocycles. The van der Waals surface area contributed by atoms with Gasteiger partial charge in [-0.15, -0.1) is 5.10 Å². The molecule has 46 heavy (non-hydrogen) atoms. The Hall–Kier alpha value is -4.88. The summed E-state index contributed by atoms with van der Waals surface area (Å²) in [5, 5.41) is 20.3. The summed E-state index contributed by atoms with van der Waals surface area (Å²) in [6.45, 7) is 3.25. The number of nitrogens with one attached hydrogen (secondary N) is 3. The van der Waals surface area contributed by atoms with E-state index in [0.717, 1.165) is 36.1 Å². The van der Waals surface area contributed by atoms with Gasteiger partial charge in [-0.2, -0.15) is 4.68 Å². The molecule has 2 bridgehead atoms. The smallest absolute Gasteiger partial charge is 0.411 e. The van der Waals surface area contributed by atoms with Gasteiger partial charge in [-0.25, -0.2) is 9.18 Å². The summed E-state index contributed by atoms with van der Waals surface area (Å²) >= 11 is 6.04. The molecule has 240 valence electrons. The summed E-state index contributed by atoms with van der Waals surface area (Å²) in [7, 11) is 1.54. The van der Waals surface area contributed by atoms with E-state index in [0.29, 0.717) is 30.2 Å². The molecule has 2 amide bonds. The second-order valence-electron chi connectivity index (χ2n) is 10.8. The van der Waals surface area contributed by atoms with Crippen molar-refractivity contribution in [3.05, 3.63) is 83.2 Å². The predicted molar refractivity (Wildman–Crippen MR) is 172 cm³/mol. The van der Waals surface area contributed by atoms with Crippen LogP contribution in [0.5, 0.6) is 0 Å². The summed E-state index contributed by atoms with van der Waals surface area (Å²) in [5.74, 6) is -1.07. The number of amides is 2. The number of anilines is 2. The molecule has 1 aliphatic rings. The van der Waals surface area contributed by atoms with Crippen LogP contribution in [0.25, 0.3) is 22.9 Å². The van der Waals surface area contributed by atoms with Crippen LogP contribution in [-0.4, -0.2) is 64.1 Å². The van der Waals surface area contributed by atoms with E-state index in [4.69, 9.17) is 21.1 Å². The molecular formula is C32H34ClFN8O4. The minimum Gasteiger partial charge on any atom is -0.447 e. The fourth-order valence-electron chi connectivity index (χ4n) is 5.21. The van der Waals surface area contributed by atoms with E-state index < -0.39 is 23.9 Å². The van der Waals surface area contributed by atoms with Crippen molar-refractivity contribution in [1.29, 1.82) is 0 Å². The number of hydrogen-bond donors (Lipinski definition) is 3. The van der Waals surface area contributed by atoms with Gasteiger partial charge in [0.2, 0.25) is 5.91 Å². The van der Waals surface area contributed by atoms with E-state index in [-0.39, 0.29) is 23.1 Å². The SMILES string of the molecule is COCCOC(=O)Nc1ccc2c(c1)NCCCC[C@H](C)[C@H](NC(=O)/C=C/c1c(-n3cnnn3)ccc(Cl)c1F)c1cc-2ccn1. The standard InChI is InChI=1S/C32H34ClFN8O4/c1-20-5-3-4-13-35-26-18-22(38-32(44)46-16-15-45-2)6-7-23(26)21-12-14-36-27(17-21)31(20)39-29(43)11-8-24-28(42-19-37-40-41-42)10-9-25(33)30(24)34/h6-12,14,17-20,31,35H,3-5,13,15-16H2,1-2H3,(H,38,44)(H,39,43)/b11-8+/t20-,31-/m0/s1. The van der Waals surface area contributed by atoms with Crippen molar-refractivity contribution < 1.29 is 23.5 Å². The molecule has 0 fully saturated rings. The number of pyridine rings is 1.